The molecule has 0 saturated carbocycles. The van der Waals surface area contributed by atoms with Crippen molar-refractivity contribution in [2.75, 3.05) is 0 Å². The number of pyridine rings is 1. The molecule has 0 amide bonds. The number of nitrogens with zero attached hydrogens (tertiary/aromatic N) is 1. The van der Waals surface area contributed by atoms with Crippen molar-refractivity contribution in [1.82, 2.24) is 4.98 Å². The van der Waals surface area contributed by atoms with Crippen molar-refractivity contribution in [3.05, 3.63) is 29.6 Å². The van der Waals surface area contributed by atoms with Crippen LogP contribution in [0.25, 0.3) is 0 Å². The van der Waals surface area contributed by atoms with Crippen LogP contribution in [0.3, 0.4) is 0 Å². The first-order valence-corrected chi connectivity index (χ1v) is 3.00. The zero-order valence-corrected chi connectivity index (χ0v) is 7.81. The predicted molar refractivity (Wildman–Crippen MR) is 32.9 cm³/mol. The molecule has 0 N–H and O–H groups in total. The number of hydrogen-bond donors (Lipinski definition) is 0. The predicted octanol–water partition coefficient (Wildman–Crippen LogP) is -8.18. The van der Waals surface area contributed by atoms with E-state index in [1.54, 1.807) is 0 Å². The van der Waals surface area contributed by atoms with E-state index in [1.807, 2.05) is 0 Å². The average molecular weight is 179 g/mol. The Morgan fingerprint density at radius 2 is 1.71 bits per heavy atom. The maximum Gasteiger partial charge on any atom is 1.00 e. The number of rotatable bonds is 2. The van der Waals surface area contributed by atoms with Gasteiger partial charge in [-0.1, -0.05) is 0 Å². The van der Waals surface area contributed by atoms with E-state index in [2.05, 4.69) is 4.98 Å². The molecule has 0 aliphatic rings. The molecule has 14 heavy (non-hydrogen) atoms. The maximum absolute atomic E-state index is 10.3. The van der Waals surface area contributed by atoms with Gasteiger partial charge in [-0.15, -0.1) is 0 Å². The molecule has 0 saturated heterocycles. The van der Waals surface area contributed by atoms with Crippen LogP contribution in [0.1, 0.15) is 20.8 Å². The molecule has 0 aliphatic carbocycles. The minimum atomic E-state index is -1.63. The van der Waals surface area contributed by atoms with Crippen LogP contribution in [0.5, 0.6) is 0 Å². The smallest absolute Gasteiger partial charge is 0.545 e. The summed E-state index contributed by atoms with van der Waals surface area (Å²) < 4.78 is 0. The SMILES string of the molecule is O=C([O-])c1cccnc1C(=O)[O-].[Li+].[Li+]. The van der Waals surface area contributed by atoms with E-state index >= 15 is 0 Å². The van der Waals surface area contributed by atoms with E-state index < -0.39 is 23.2 Å². The quantitative estimate of drug-likeness (QED) is 0.420. The Bertz CT molecular complexity index is 309. The third-order valence-electron chi connectivity index (χ3n) is 1.22. The second kappa shape index (κ2) is 6.70. The van der Waals surface area contributed by atoms with Crippen LogP contribution in [-0.4, -0.2) is 16.9 Å². The fraction of sp³-hybridized carbons (Fsp3) is 0. The number of aromatic nitrogens is 1. The van der Waals surface area contributed by atoms with Crippen molar-refractivity contribution < 1.29 is 57.5 Å². The molecule has 1 heterocycles. The molecule has 1 aromatic rings. The second-order valence-electron chi connectivity index (χ2n) is 1.97. The summed E-state index contributed by atoms with van der Waals surface area (Å²) in [6.45, 7) is 0. The van der Waals surface area contributed by atoms with Crippen molar-refractivity contribution in [2.24, 2.45) is 0 Å². The van der Waals surface area contributed by atoms with Gasteiger partial charge in [0.15, 0.2) is 0 Å². The summed E-state index contributed by atoms with van der Waals surface area (Å²) in [4.78, 5) is 23.9. The van der Waals surface area contributed by atoms with Gasteiger partial charge in [0, 0.05) is 11.8 Å². The van der Waals surface area contributed by atoms with Gasteiger partial charge in [0.1, 0.15) is 0 Å². The van der Waals surface area contributed by atoms with Gasteiger partial charge in [-0.25, -0.2) is 0 Å². The molecule has 0 radical (unpaired) electrons. The average Bonchev–Trinajstić information content (AvgIpc) is 2.04. The van der Waals surface area contributed by atoms with Gasteiger partial charge in [0.25, 0.3) is 0 Å². The molecule has 0 aliphatic heterocycles. The molecule has 0 atom stereocenters. The van der Waals surface area contributed by atoms with Gasteiger partial charge in [0.2, 0.25) is 0 Å². The Hall–Kier alpha value is -0.715. The van der Waals surface area contributed by atoms with Gasteiger partial charge in [0.05, 0.1) is 17.6 Å². The van der Waals surface area contributed by atoms with Crippen LogP contribution in [0.4, 0.5) is 0 Å². The Morgan fingerprint density at radius 3 is 2.07 bits per heavy atom. The largest absolute Gasteiger partial charge is 1.00 e. The van der Waals surface area contributed by atoms with E-state index in [1.165, 1.54) is 6.07 Å². The number of carbonyl (C=O) groups is 2. The number of carboxylic acids is 2. The zero-order chi connectivity index (χ0) is 9.14. The molecular formula is C7H3Li2NO4. The van der Waals surface area contributed by atoms with Crippen LogP contribution in [-0.2, 0) is 0 Å². The first kappa shape index (κ1) is 15.7. The Morgan fingerprint density at radius 1 is 1.14 bits per heavy atom. The third-order valence-corrected chi connectivity index (χ3v) is 1.22. The topological polar surface area (TPSA) is 93.2 Å². The first-order chi connectivity index (χ1) is 5.63. The van der Waals surface area contributed by atoms with Crippen LogP contribution < -0.4 is 47.9 Å². The Labute approximate surface area is 104 Å². The molecule has 0 fully saturated rings. The van der Waals surface area contributed by atoms with Gasteiger partial charge >= 0.3 is 37.7 Å². The summed E-state index contributed by atoms with van der Waals surface area (Å²) in [6.07, 6.45) is 1.16. The van der Waals surface area contributed by atoms with Gasteiger partial charge < -0.3 is 19.8 Å². The van der Waals surface area contributed by atoms with Crippen molar-refractivity contribution in [3.63, 3.8) is 0 Å². The van der Waals surface area contributed by atoms with Crippen LogP contribution >= 0.6 is 0 Å². The standard InChI is InChI=1S/C7H5NO4.2Li/c9-6(10)4-2-1-3-8-5(4)7(11)12;;/h1-3H,(H,9,10)(H,11,12);;/q;2*+1/p-2. The van der Waals surface area contributed by atoms with Crippen LogP contribution in [0.15, 0.2) is 18.3 Å². The molecule has 1 rings (SSSR count). The van der Waals surface area contributed by atoms with Crippen molar-refractivity contribution >= 4 is 11.9 Å². The maximum atomic E-state index is 10.3. The summed E-state index contributed by atoms with van der Waals surface area (Å²) in [5, 5.41) is 20.5. The van der Waals surface area contributed by atoms with Crippen LogP contribution in [0, 0.1) is 0 Å². The zero-order valence-electron chi connectivity index (χ0n) is 7.81. The molecule has 0 aromatic carbocycles. The van der Waals surface area contributed by atoms with E-state index in [-0.39, 0.29) is 37.7 Å². The van der Waals surface area contributed by atoms with E-state index in [4.69, 9.17) is 0 Å². The number of aromatic carboxylic acids is 2. The van der Waals surface area contributed by atoms with E-state index in [9.17, 15) is 19.8 Å². The number of hydrogen-bond acceptors (Lipinski definition) is 5. The Kier molecular flexibility index (Phi) is 7.53. The molecular weight excluding hydrogens is 176 g/mol. The Balaban J connectivity index is 0. The molecule has 0 unspecified atom stereocenters. The van der Waals surface area contributed by atoms with Crippen LogP contribution in [0.2, 0.25) is 0 Å². The third kappa shape index (κ3) is 3.57. The molecule has 1 aromatic heterocycles. The van der Waals surface area contributed by atoms with E-state index in [0.29, 0.717) is 0 Å². The van der Waals surface area contributed by atoms with Crippen molar-refractivity contribution in [1.29, 1.82) is 0 Å². The number of carboxylic acid groups (broad SMARTS) is 2. The minimum absolute atomic E-state index is 0. The molecule has 0 bridgehead atoms. The minimum Gasteiger partial charge on any atom is -0.545 e. The van der Waals surface area contributed by atoms with Gasteiger partial charge in [-0.05, 0) is 12.1 Å². The van der Waals surface area contributed by atoms with Gasteiger partial charge in [-0.3, -0.25) is 4.98 Å². The molecule has 5 nitrogen and oxygen atoms in total. The fourth-order valence-corrected chi connectivity index (χ4v) is 0.733. The molecule has 0 spiro atoms. The summed E-state index contributed by atoms with van der Waals surface area (Å²) in [7, 11) is 0. The summed E-state index contributed by atoms with van der Waals surface area (Å²) >= 11 is 0. The molecule has 62 valence electrons. The normalized spacial score (nSPS) is 8.00. The fourth-order valence-electron chi connectivity index (χ4n) is 0.733. The summed E-state index contributed by atoms with van der Waals surface area (Å²) in [5.41, 5.74) is -1.09. The summed E-state index contributed by atoms with van der Waals surface area (Å²) in [6, 6.07) is 2.39. The second-order valence-corrected chi connectivity index (χ2v) is 1.97. The monoisotopic (exact) mass is 179 g/mol. The summed E-state index contributed by atoms with van der Waals surface area (Å²) in [5.74, 6) is -3.21. The first-order valence-electron chi connectivity index (χ1n) is 3.00. The van der Waals surface area contributed by atoms with E-state index in [0.717, 1.165) is 12.3 Å². The number of carbonyl (C=O) groups excluding carboxylic acids is 2. The van der Waals surface area contributed by atoms with Crippen molar-refractivity contribution in [2.45, 2.75) is 0 Å². The van der Waals surface area contributed by atoms with Gasteiger partial charge in [-0.2, -0.15) is 0 Å². The molecule has 7 heteroatoms. The van der Waals surface area contributed by atoms with Crippen molar-refractivity contribution in [3.8, 4) is 0 Å².